The molecule has 0 spiro atoms. The molecule has 13 heavy (non-hydrogen) atoms. The van der Waals surface area contributed by atoms with Gasteiger partial charge in [-0.3, -0.25) is 9.48 Å². The number of carbonyl (C=O) groups excluding carboxylic acids is 1. The van der Waals surface area contributed by atoms with Crippen LogP contribution in [0.15, 0.2) is 6.07 Å². The van der Waals surface area contributed by atoms with Crippen LogP contribution >= 0.6 is 0 Å². The van der Waals surface area contributed by atoms with E-state index in [2.05, 4.69) is 10.4 Å². The molecule has 0 aromatic carbocycles. The lowest BCUT2D eigenvalue weighted by atomic mass is 10.3. The number of nitrogens with zero attached hydrogens (tertiary/aromatic N) is 2. The molecule has 1 N–H and O–H groups in total. The van der Waals surface area contributed by atoms with Gasteiger partial charge in [-0.1, -0.05) is 0 Å². The summed E-state index contributed by atoms with van der Waals surface area (Å²) in [5.41, 5.74) is 1.22. The monoisotopic (exact) mass is 185 g/mol. The number of aryl methyl sites for hydroxylation is 2. The summed E-state index contributed by atoms with van der Waals surface area (Å²) in [6.07, 6.45) is 0. The predicted octanol–water partition coefficient (Wildman–Crippen LogP) is 0.428. The number of alkyl halides is 1. The van der Waals surface area contributed by atoms with Crippen LogP contribution in [0, 0.1) is 6.92 Å². The van der Waals surface area contributed by atoms with Crippen molar-refractivity contribution in [3.63, 3.8) is 0 Å². The fourth-order valence-corrected chi connectivity index (χ4v) is 0.923. The van der Waals surface area contributed by atoms with E-state index in [1.165, 1.54) is 0 Å². The van der Waals surface area contributed by atoms with Crippen LogP contribution < -0.4 is 5.32 Å². The molecule has 0 saturated heterocycles. The minimum Gasteiger partial charge on any atom is -0.348 e. The van der Waals surface area contributed by atoms with Crippen molar-refractivity contribution in [2.45, 2.75) is 6.92 Å². The number of nitrogens with one attached hydrogen (secondary N) is 1. The lowest BCUT2D eigenvalue weighted by Crippen LogP contribution is -2.25. The van der Waals surface area contributed by atoms with E-state index in [1.807, 2.05) is 6.92 Å². The molecule has 0 aliphatic carbocycles. The third-order valence-electron chi connectivity index (χ3n) is 1.73. The zero-order valence-corrected chi connectivity index (χ0v) is 7.67. The Kier molecular flexibility index (Phi) is 3.00. The topological polar surface area (TPSA) is 46.9 Å². The van der Waals surface area contributed by atoms with Crippen molar-refractivity contribution < 1.29 is 9.18 Å². The molecule has 0 unspecified atom stereocenters. The van der Waals surface area contributed by atoms with Crippen molar-refractivity contribution >= 4 is 5.91 Å². The van der Waals surface area contributed by atoms with Gasteiger partial charge in [0.1, 0.15) is 12.4 Å². The first-order valence-corrected chi connectivity index (χ1v) is 4.00. The Balaban J connectivity index is 2.66. The molecule has 1 amide bonds. The minimum absolute atomic E-state index is 0.0362. The van der Waals surface area contributed by atoms with E-state index >= 15 is 0 Å². The molecule has 0 aliphatic rings. The smallest absolute Gasteiger partial charge is 0.271 e. The van der Waals surface area contributed by atoms with Gasteiger partial charge in [0.2, 0.25) is 0 Å². The molecule has 1 aromatic heterocycles. The van der Waals surface area contributed by atoms with Crippen LogP contribution in [0.3, 0.4) is 0 Å². The van der Waals surface area contributed by atoms with E-state index < -0.39 is 6.67 Å². The zero-order chi connectivity index (χ0) is 9.84. The van der Waals surface area contributed by atoms with Crippen molar-refractivity contribution in [3.8, 4) is 0 Å². The van der Waals surface area contributed by atoms with Gasteiger partial charge in [-0.15, -0.1) is 0 Å². The Morgan fingerprint density at radius 1 is 1.77 bits per heavy atom. The first-order chi connectivity index (χ1) is 6.15. The van der Waals surface area contributed by atoms with E-state index in [0.717, 1.165) is 5.69 Å². The summed E-state index contributed by atoms with van der Waals surface area (Å²) in [4.78, 5) is 11.2. The SMILES string of the molecule is Cc1cc(C(=O)NCCF)nn1C. The number of aromatic nitrogens is 2. The van der Waals surface area contributed by atoms with Gasteiger partial charge >= 0.3 is 0 Å². The number of hydrogen-bond donors (Lipinski definition) is 1. The standard InChI is InChI=1S/C8H12FN3O/c1-6-5-7(11-12(6)2)8(13)10-4-3-9/h5H,3-4H2,1-2H3,(H,10,13). The number of hydrogen-bond acceptors (Lipinski definition) is 2. The highest BCUT2D eigenvalue weighted by Gasteiger charge is 2.09. The van der Waals surface area contributed by atoms with Gasteiger partial charge in [0.05, 0.1) is 0 Å². The fourth-order valence-electron chi connectivity index (χ4n) is 0.923. The number of amides is 1. The van der Waals surface area contributed by atoms with Gasteiger partial charge in [-0.2, -0.15) is 5.10 Å². The van der Waals surface area contributed by atoms with Crippen molar-refractivity contribution in [3.05, 3.63) is 17.5 Å². The van der Waals surface area contributed by atoms with Gasteiger partial charge in [-0.05, 0) is 13.0 Å². The van der Waals surface area contributed by atoms with Crippen molar-refractivity contribution in [1.82, 2.24) is 15.1 Å². The van der Waals surface area contributed by atoms with E-state index in [0.29, 0.717) is 5.69 Å². The molecular weight excluding hydrogens is 173 g/mol. The fraction of sp³-hybridized carbons (Fsp3) is 0.500. The second kappa shape index (κ2) is 4.02. The van der Waals surface area contributed by atoms with E-state index in [4.69, 9.17) is 0 Å². The van der Waals surface area contributed by atoms with Crippen LogP contribution in [-0.2, 0) is 7.05 Å². The van der Waals surface area contributed by atoms with Crippen molar-refractivity contribution in [1.29, 1.82) is 0 Å². The summed E-state index contributed by atoms with van der Waals surface area (Å²) in [7, 11) is 1.75. The molecule has 72 valence electrons. The van der Waals surface area contributed by atoms with Gasteiger partial charge < -0.3 is 5.32 Å². The largest absolute Gasteiger partial charge is 0.348 e. The third-order valence-corrected chi connectivity index (χ3v) is 1.73. The van der Waals surface area contributed by atoms with Gasteiger partial charge in [0, 0.05) is 19.3 Å². The average molecular weight is 185 g/mol. The highest BCUT2D eigenvalue weighted by atomic mass is 19.1. The Morgan fingerprint density at radius 2 is 2.46 bits per heavy atom. The van der Waals surface area contributed by atoms with E-state index in [-0.39, 0.29) is 12.5 Å². The lowest BCUT2D eigenvalue weighted by Gasteiger charge is -1.97. The maximum atomic E-state index is 11.7. The summed E-state index contributed by atoms with van der Waals surface area (Å²) in [5.74, 6) is -0.332. The van der Waals surface area contributed by atoms with Crippen LogP contribution in [0.25, 0.3) is 0 Å². The van der Waals surface area contributed by atoms with Crippen molar-refractivity contribution in [2.24, 2.45) is 7.05 Å². The van der Waals surface area contributed by atoms with Gasteiger partial charge in [0.15, 0.2) is 0 Å². The molecule has 4 nitrogen and oxygen atoms in total. The molecular formula is C8H12FN3O. The molecule has 0 bridgehead atoms. The molecule has 0 fully saturated rings. The molecule has 0 aliphatic heterocycles. The van der Waals surface area contributed by atoms with E-state index in [9.17, 15) is 9.18 Å². The average Bonchev–Trinajstić information content (AvgIpc) is 2.43. The molecule has 5 heteroatoms. The Morgan fingerprint density at radius 3 is 2.92 bits per heavy atom. The Labute approximate surface area is 75.7 Å². The van der Waals surface area contributed by atoms with Gasteiger partial charge in [-0.25, -0.2) is 4.39 Å². The van der Waals surface area contributed by atoms with Crippen LogP contribution in [-0.4, -0.2) is 28.9 Å². The quantitative estimate of drug-likeness (QED) is 0.742. The molecule has 1 rings (SSSR count). The first-order valence-electron chi connectivity index (χ1n) is 4.00. The zero-order valence-electron chi connectivity index (χ0n) is 7.67. The maximum absolute atomic E-state index is 11.7. The second-order valence-electron chi connectivity index (χ2n) is 2.74. The lowest BCUT2D eigenvalue weighted by molar-refractivity contribution is 0.0945. The Bertz CT molecular complexity index is 289. The van der Waals surface area contributed by atoms with Crippen LogP contribution in [0.1, 0.15) is 16.2 Å². The van der Waals surface area contributed by atoms with Crippen molar-refractivity contribution in [2.75, 3.05) is 13.2 Å². The number of carbonyl (C=O) groups is 1. The minimum atomic E-state index is -0.558. The first kappa shape index (κ1) is 9.70. The Hall–Kier alpha value is -1.39. The van der Waals surface area contributed by atoms with Crippen LogP contribution in [0.4, 0.5) is 4.39 Å². The normalized spacial score (nSPS) is 10.1. The summed E-state index contributed by atoms with van der Waals surface area (Å²) in [6, 6.07) is 1.66. The second-order valence-corrected chi connectivity index (χ2v) is 2.74. The predicted molar refractivity (Wildman–Crippen MR) is 46.3 cm³/mol. The summed E-state index contributed by atoms with van der Waals surface area (Å²) >= 11 is 0. The summed E-state index contributed by atoms with van der Waals surface area (Å²) in [6.45, 7) is 1.32. The van der Waals surface area contributed by atoms with E-state index in [1.54, 1.807) is 17.8 Å². The number of halogens is 1. The highest BCUT2D eigenvalue weighted by molar-refractivity contribution is 5.92. The molecule has 1 aromatic rings. The summed E-state index contributed by atoms with van der Waals surface area (Å²) in [5, 5.41) is 6.34. The highest BCUT2D eigenvalue weighted by Crippen LogP contribution is 2.00. The maximum Gasteiger partial charge on any atom is 0.271 e. The molecule has 0 saturated carbocycles. The van der Waals surface area contributed by atoms with Crippen LogP contribution in [0.2, 0.25) is 0 Å². The molecule has 0 atom stereocenters. The molecule has 0 radical (unpaired) electrons. The van der Waals surface area contributed by atoms with Gasteiger partial charge in [0.25, 0.3) is 5.91 Å². The summed E-state index contributed by atoms with van der Waals surface area (Å²) < 4.78 is 13.3. The number of rotatable bonds is 3. The van der Waals surface area contributed by atoms with Crippen LogP contribution in [0.5, 0.6) is 0 Å². The molecule has 1 heterocycles. The third kappa shape index (κ3) is 2.27.